The molecule has 0 spiro atoms. The van der Waals surface area contributed by atoms with E-state index in [-0.39, 0.29) is 11.9 Å². The number of imidazole rings is 1. The molecule has 3 rings (SSSR count). The summed E-state index contributed by atoms with van der Waals surface area (Å²) in [5.41, 5.74) is 2.94. The number of hydrogen-bond acceptors (Lipinski definition) is 3. The fourth-order valence-electron chi connectivity index (χ4n) is 2.85. The molecule has 140 valence electrons. The maximum absolute atomic E-state index is 12.6. The number of rotatable bonds is 7. The van der Waals surface area contributed by atoms with Gasteiger partial charge in [-0.05, 0) is 43.2 Å². The maximum atomic E-state index is 12.6. The molecule has 1 aromatic heterocycles. The second-order valence-electron chi connectivity index (χ2n) is 6.61. The number of carbonyl (C=O) groups excluding carboxylic acids is 1. The van der Waals surface area contributed by atoms with E-state index in [1.54, 1.807) is 18.3 Å². The standard InChI is InChI=1S/C22H25N3O2/c1-4-20(17-7-5-16(2)6-8-17)24-22(26)18-9-11-19(12-10-18)27-15-21-23-13-14-25(21)3/h5-14,20H,4,15H2,1-3H3,(H,24,26)/t20-/m0/s1. The lowest BCUT2D eigenvalue weighted by Crippen LogP contribution is -2.28. The maximum Gasteiger partial charge on any atom is 0.251 e. The normalized spacial score (nSPS) is 11.8. The zero-order valence-corrected chi connectivity index (χ0v) is 16.0. The summed E-state index contributed by atoms with van der Waals surface area (Å²) in [5.74, 6) is 1.47. The number of ether oxygens (including phenoxy) is 1. The molecule has 0 saturated carbocycles. The third-order valence-electron chi connectivity index (χ3n) is 4.60. The van der Waals surface area contributed by atoms with Gasteiger partial charge in [0.1, 0.15) is 18.2 Å². The third-order valence-corrected chi connectivity index (χ3v) is 4.60. The van der Waals surface area contributed by atoms with Gasteiger partial charge in [-0.3, -0.25) is 4.79 Å². The minimum absolute atomic E-state index is 0.00237. The number of carbonyl (C=O) groups is 1. The van der Waals surface area contributed by atoms with Crippen molar-refractivity contribution < 1.29 is 9.53 Å². The van der Waals surface area contributed by atoms with Crippen molar-refractivity contribution in [2.24, 2.45) is 7.05 Å². The Morgan fingerprint density at radius 1 is 1.15 bits per heavy atom. The van der Waals surface area contributed by atoms with E-state index in [0.29, 0.717) is 17.9 Å². The highest BCUT2D eigenvalue weighted by Crippen LogP contribution is 2.19. The number of hydrogen-bond donors (Lipinski definition) is 1. The molecular weight excluding hydrogens is 338 g/mol. The number of nitrogens with one attached hydrogen (secondary N) is 1. The molecule has 5 nitrogen and oxygen atoms in total. The van der Waals surface area contributed by atoms with Crippen LogP contribution in [-0.2, 0) is 13.7 Å². The molecule has 0 unspecified atom stereocenters. The van der Waals surface area contributed by atoms with Gasteiger partial charge in [-0.1, -0.05) is 36.8 Å². The molecule has 2 aromatic carbocycles. The highest BCUT2D eigenvalue weighted by molar-refractivity contribution is 5.94. The van der Waals surface area contributed by atoms with Gasteiger partial charge in [0, 0.05) is 25.0 Å². The van der Waals surface area contributed by atoms with Crippen molar-refractivity contribution in [2.45, 2.75) is 32.9 Å². The summed E-state index contributed by atoms with van der Waals surface area (Å²) in [6, 6.07) is 15.5. The van der Waals surface area contributed by atoms with Crippen LogP contribution in [0.15, 0.2) is 60.9 Å². The summed E-state index contributed by atoms with van der Waals surface area (Å²) in [6.45, 7) is 4.51. The highest BCUT2D eigenvalue weighted by Gasteiger charge is 2.14. The molecule has 5 heteroatoms. The molecule has 0 aliphatic rings. The minimum Gasteiger partial charge on any atom is -0.486 e. The molecular formula is C22H25N3O2. The number of amides is 1. The summed E-state index contributed by atoms with van der Waals surface area (Å²) in [7, 11) is 1.93. The fraction of sp³-hybridized carbons (Fsp3) is 0.273. The van der Waals surface area contributed by atoms with Gasteiger partial charge in [-0.15, -0.1) is 0 Å². The Bertz CT molecular complexity index is 883. The molecule has 0 aliphatic heterocycles. The zero-order valence-electron chi connectivity index (χ0n) is 16.0. The molecule has 1 N–H and O–H groups in total. The van der Waals surface area contributed by atoms with Crippen molar-refractivity contribution in [3.05, 3.63) is 83.4 Å². The number of aryl methyl sites for hydroxylation is 2. The Labute approximate surface area is 160 Å². The lowest BCUT2D eigenvalue weighted by molar-refractivity contribution is 0.0935. The summed E-state index contributed by atoms with van der Waals surface area (Å²) in [4.78, 5) is 16.8. The van der Waals surface area contributed by atoms with E-state index in [4.69, 9.17) is 4.74 Å². The topological polar surface area (TPSA) is 56.1 Å². The fourth-order valence-corrected chi connectivity index (χ4v) is 2.85. The molecule has 27 heavy (non-hydrogen) atoms. The van der Waals surface area contributed by atoms with E-state index in [9.17, 15) is 4.79 Å². The van der Waals surface area contributed by atoms with Gasteiger partial charge in [-0.25, -0.2) is 4.98 Å². The lowest BCUT2D eigenvalue weighted by Gasteiger charge is -2.18. The quantitative estimate of drug-likeness (QED) is 0.685. The Kier molecular flexibility index (Phi) is 5.91. The van der Waals surface area contributed by atoms with E-state index in [1.165, 1.54) is 5.56 Å². The molecule has 1 heterocycles. The van der Waals surface area contributed by atoms with Crippen LogP contribution in [0.25, 0.3) is 0 Å². The van der Waals surface area contributed by atoms with Crippen LogP contribution in [0.5, 0.6) is 5.75 Å². The molecule has 0 bridgehead atoms. The van der Waals surface area contributed by atoms with Crippen LogP contribution in [0.1, 0.15) is 46.7 Å². The Balaban J connectivity index is 1.61. The van der Waals surface area contributed by atoms with Crippen LogP contribution in [0.3, 0.4) is 0 Å². The Morgan fingerprint density at radius 2 is 1.85 bits per heavy atom. The van der Waals surface area contributed by atoms with E-state index in [0.717, 1.165) is 17.8 Å². The van der Waals surface area contributed by atoms with E-state index >= 15 is 0 Å². The van der Waals surface area contributed by atoms with Crippen molar-refractivity contribution in [3.63, 3.8) is 0 Å². The number of nitrogens with zero attached hydrogens (tertiary/aromatic N) is 2. The molecule has 1 amide bonds. The van der Waals surface area contributed by atoms with Gasteiger partial charge in [0.15, 0.2) is 0 Å². The summed E-state index contributed by atoms with van der Waals surface area (Å²) in [6.07, 6.45) is 4.45. The van der Waals surface area contributed by atoms with Crippen molar-refractivity contribution >= 4 is 5.91 Å². The Hall–Kier alpha value is -3.08. The van der Waals surface area contributed by atoms with Crippen molar-refractivity contribution in [1.29, 1.82) is 0 Å². The van der Waals surface area contributed by atoms with Crippen molar-refractivity contribution in [1.82, 2.24) is 14.9 Å². The van der Waals surface area contributed by atoms with Crippen LogP contribution < -0.4 is 10.1 Å². The van der Waals surface area contributed by atoms with Crippen LogP contribution in [0, 0.1) is 6.92 Å². The van der Waals surface area contributed by atoms with Gasteiger partial charge >= 0.3 is 0 Å². The van der Waals surface area contributed by atoms with E-state index in [2.05, 4.69) is 48.4 Å². The Morgan fingerprint density at radius 3 is 2.44 bits per heavy atom. The molecule has 0 saturated heterocycles. The van der Waals surface area contributed by atoms with Crippen LogP contribution in [0.4, 0.5) is 0 Å². The first-order valence-corrected chi connectivity index (χ1v) is 9.13. The largest absolute Gasteiger partial charge is 0.486 e. The average Bonchev–Trinajstić information content (AvgIpc) is 3.10. The molecule has 0 radical (unpaired) electrons. The SMILES string of the molecule is CC[C@H](NC(=O)c1ccc(OCc2nccn2C)cc1)c1ccc(C)cc1. The van der Waals surface area contributed by atoms with Gasteiger partial charge in [-0.2, -0.15) is 0 Å². The summed E-state index contributed by atoms with van der Waals surface area (Å²) in [5, 5.41) is 3.11. The summed E-state index contributed by atoms with van der Waals surface area (Å²) < 4.78 is 7.65. The average molecular weight is 363 g/mol. The van der Waals surface area contributed by atoms with Crippen LogP contribution in [0.2, 0.25) is 0 Å². The second-order valence-corrected chi connectivity index (χ2v) is 6.61. The molecule has 1 atom stereocenters. The first kappa shape index (κ1) is 18.7. The second kappa shape index (κ2) is 8.54. The molecule has 0 fully saturated rings. The summed E-state index contributed by atoms with van der Waals surface area (Å²) >= 11 is 0. The van der Waals surface area contributed by atoms with Crippen LogP contribution >= 0.6 is 0 Å². The highest BCUT2D eigenvalue weighted by atomic mass is 16.5. The third kappa shape index (κ3) is 4.76. The predicted molar refractivity (Wildman–Crippen MR) is 106 cm³/mol. The number of aromatic nitrogens is 2. The first-order valence-electron chi connectivity index (χ1n) is 9.13. The zero-order chi connectivity index (χ0) is 19.2. The first-order chi connectivity index (χ1) is 13.1. The van der Waals surface area contributed by atoms with Gasteiger partial charge < -0.3 is 14.6 Å². The number of benzene rings is 2. The van der Waals surface area contributed by atoms with Gasteiger partial charge in [0.2, 0.25) is 0 Å². The predicted octanol–water partition coefficient (Wildman–Crippen LogP) is 4.19. The van der Waals surface area contributed by atoms with Gasteiger partial charge in [0.05, 0.1) is 6.04 Å². The van der Waals surface area contributed by atoms with Crippen molar-refractivity contribution in [2.75, 3.05) is 0 Å². The minimum atomic E-state index is -0.0851. The lowest BCUT2D eigenvalue weighted by atomic mass is 10.0. The smallest absolute Gasteiger partial charge is 0.251 e. The van der Waals surface area contributed by atoms with E-state index in [1.807, 2.05) is 29.9 Å². The molecule has 0 aliphatic carbocycles. The van der Waals surface area contributed by atoms with E-state index < -0.39 is 0 Å². The van der Waals surface area contributed by atoms with Crippen LogP contribution in [-0.4, -0.2) is 15.5 Å². The monoisotopic (exact) mass is 363 g/mol. The van der Waals surface area contributed by atoms with Gasteiger partial charge in [0.25, 0.3) is 5.91 Å². The van der Waals surface area contributed by atoms with Crippen molar-refractivity contribution in [3.8, 4) is 5.75 Å². The molecule has 3 aromatic rings.